The number of pyridine rings is 1. The lowest BCUT2D eigenvalue weighted by Gasteiger charge is -2.18. The molecule has 0 fully saturated rings. The number of nitrogens with zero attached hydrogens (tertiary/aromatic N) is 3. The average Bonchev–Trinajstić information content (AvgIpc) is 2.39. The third-order valence-electron chi connectivity index (χ3n) is 2.98. The predicted octanol–water partition coefficient (Wildman–Crippen LogP) is 2.78. The molecule has 0 aliphatic rings. The zero-order valence-corrected chi connectivity index (χ0v) is 9.54. The number of hydrogen-bond donors (Lipinski definition) is 0. The monoisotopic (exact) mass is 213 g/mol. The summed E-state index contributed by atoms with van der Waals surface area (Å²) < 4.78 is 0. The summed E-state index contributed by atoms with van der Waals surface area (Å²) in [6, 6.07) is 7.98. The highest BCUT2D eigenvalue weighted by Gasteiger charge is 2.17. The number of aromatic nitrogens is 3. The first kappa shape index (κ1) is 10.7. The molecule has 0 aliphatic carbocycles. The van der Waals surface area contributed by atoms with Crippen LogP contribution in [0.2, 0.25) is 0 Å². The third kappa shape index (κ3) is 2.24. The molecule has 2 aromatic heterocycles. The van der Waals surface area contributed by atoms with E-state index < -0.39 is 0 Å². The van der Waals surface area contributed by atoms with Crippen LogP contribution in [-0.2, 0) is 0 Å². The Labute approximate surface area is 95.6 Å². The van der Waals surface area contributed by atoms with Gasteiger partial charge in [-0.05, 0) is 18.2 Å². The molecule has 0 aliphatic heterocycles. The first-order chi connectivity index (χ1) is 7.79. The molecule has 2 atom stereocenters. The van der Waals surface area contributed by atoms with Gasteiger partial charge < -0.3 is 0 Å². The molecule has 2 rings (SSSR count). The summed E-state index contributed by atoms with van der Waals surface area (Å²) >= 11 is 0. The minimum atomic E-state index is 0.345. The Kier molecular flexibility index (Phi) is 3.25. The van der Waals surface area contributed by atoms with Crippen LogP contribution < -0.4 is 0 Å². The molecule has 0 N–H and O–H groups in total. The zero-order valence-electron chi connectivity index (χ0n) is 9.54. The average molecular weight is 213 g/mol. The van der Waals surface area contributed by atoms with Gasteiger partial charge in [0.05, 0.1) is 0 Å². The molecule has 0 saturated heterocycles. The maximum atomic E-state index is 4.38. The van der Waals surface area contributed by atoms with E-state index in [4.69, 9.17) is 0 Å². The molecule has 0 spiro atoms. The van der Waals surface area contributed by atoms with Crippen molar-refractivity contribution in [3.8, 4) is 0 Å². The molecule has 0 saturated carbocycles. The summed E-state index contributed by atoms with van der Waals surface area (Å²) in [6.07, 6.45) is 5.21. The van der Waals surface area contributed by atoms with Gasteiger partial charge in [-0.25, -0.2) is 9.97 Å². The standard InChI is InChI=1S/C13H15N3/c1-10(12-5-3-4-7-15-12)11(2)13-6-8-14-9-16-13/h3-11H,1-2H3. The van der Waals surface area contributed by atoms with E-state index in [2.05, 4.69) is 34.9 Å². The van der Waals surface area contributed by atoms with Gasteiger partial charge in [-0.1, -0.05) is 19.9 Å². The molecule has 2 unspecified atom stereocenters. The van der Waals surface area contributed by atoms with Crippen molar-refractivity contribution in [2.45, 2.75) is 25.7 Å². The first-order valence-corrected chi connectivity index (χ1v) is 5.46. The molecule has 2 aromatic rings. The zero-order chi connectivity index (χ0) is 11.4. The quantitative estimate of drug-likeness (QED) is 0.787. The van der Waals surface area contributed by atoms with E-state index in [1.54, 1.807) is 12.5 Å². The van der Waals surface area contributed by atoms with Gasteiger partial charge in [0.2, 0.25) is 0 Å². The van der Waals surface area contributed by atoms with Gasteiger partial charge >= 0.3 is 0 Å². The van der Waals surface area contributed by atoms with Crippen molar-refractivity contribution in [1.82, 2.24) is 15.0 Å². The van der Waals surface area contributed by atoms with Crippen LogP contribution in [0.3, 0.4) is 0 Å². The predicted molar refractivity (Wildman–Crippen MR) is 63.1 cm³/mol. The maximum Gasteiger partial charge on any atom is 0.115 e. The summed E-state index contributed by atoms with van der Waals surface area (Å²) in [5, 5.41) is 0. The van der Waals surface area contributed by atoms with Crippen molar-refractivity contribution in [1.29, 1.82) is 0 Å². The van der Waals surface area contributed by atoms with Crippen LogP contribution in [0.25, 0.3) is 0 Å². The van der Waals surface area contributed by atoms with Crippen LogP contribution in [0.1, 0.15) is 37.1 Å². The molecular weight excluding hydrogens is 198 g/mol. The van der Waals surface area contributed by atoms with E-state index in [-0.39, 0.29) is 0 Å². The molecule has 3 heteroatoms. The fourth-order valence-electron chi connectivity index (χ4n) is 1.73. The minimum absolute atomic E-state index is 0.345. The highest BCUT2D eigenvalue weighted by molar-refractivity contribution is 5.16. The Morgan fingerprint density at radius 3 is 2.19 bits per heavy atom. The van der Waals surface area contributed by atoms with E-state index in [0.717, 1.165) is 11.4 Å². The van der Waals surface area contributed by atoms with Gasteiger partial charge in [0.25, 0.3) is 0 Å². The Morgan fingerprint density at radius 1 is 0.875 bits per heavy atom. The van der Waals surface area contributed by atoms with Gasteiger partial charge in [0.15, 0.2) is 0 Å². The summed E-state index contributed by atoms with van der Waals surface area (Å²) in [6.45, 7) is 4.34. The van der Waals surface area contributed by atoms with Gasteiger partial charge in [0, 0.05) is 35.6 Å². The lowest BCUT2D eigenvalue weighted by Crippen LogP contribution is -2.08. The smallest absolute Gasteiger partial charge is 0.115 e. The molecule has 82 valence electrons. The molecule has 0 radical (unpaired) electrons. The lowest BCUT2D eigenvalue weighted by atomic mass is 9.89. The van der Waals surface area contributed by atoms with E-state index in [1.807, 2.05) is 24.4 Å². The minimum Gasteiger partial charge on any atom is -0.261 e. The Hall–Kier alpha value is -1.77. The molecule has 3 nitrogen and oxygen atoms in total. The normalized spacial score (nSPS) is 14.4. The van der Waals surface area contributed by atoms with Gasteiger partial charge in [-0.2, -0.15) is 0 Å². The topological polar surface area (TPSA) is 38.7 Å². The van der Waals surface area contributed by atoms with Gasteiger partial charge in [-0.15, -0.1) is 0 Å². The van der Waals surface area contributed by atoms with Crippen LogP contribution in [0.5, 0.6) is 0 Å². The van der Waals surface area contributed by atoms with Crippen molar-refractivity contribution in [2.75, 3.05) is 0 Å². The lowest BCUT2D eigenvalue weighted by molar-refractivity contribution is 0.591. The van der Waals surface area contributed by atoms with Crippen LogP contribution in [-0.4, -0.2) is 15.0 Å². The molecule has 16 heavy (non-hydrogen) atoms. The Balaban J connectivity index is 2.20. The highest BCUT2D eigenvalue weighted by atomic mass is 14.8. The summed E-state index contributed by atoms with van der Waals surface area (Å²) in [4.78, 5) is 12.6. The van der Waals surface area contributed by atoms with Crippen molar-refractivity contribution in [3.05, 3.63) is 54.4 Å². The van der Waals surface area contributed by atoms with E-state index >= 15 is 0 Å². The second-order valence-electron chi connectivity index (χ2n) is 3.97. The first-order valence-electron chi connectivity index (χ1n) is 5.46. The number of hydrogen-bond acceptors (Lipinski definition) is 3. The van der Waals surface area contributed by atoms with Crippen LogP contribution in [0.15, 0.2) is 43.0 Å². The second-order valence-corrected chi connectivity index (χ2v) is 3.97. The van der Waals surface area contributed by atoms with Crippen molar-refractivity contribution >= 4 is 0 Å². The molecule has 0 amide bonds. The fraction of sp³-hybridized carbons (Fsp3) is 0.308. The SMILES string of the molecule is CC(c1ccccn1)C(C)c1ccncn1. The van der Waals surface area contributed by atoms with Crippen molar-refractivity contribution < 1.29 is 0 Å². The van der Waals surface area contributed by atoms with Gasteiger partial charge in [0.1, 0.15) is 6.33 Å². The molecule has 2 heterocycles. The van der Waals surface area contributed by atoms with Crippen LogP contribution in [0, 0.1) is 0 Å². The van der Waals surface area contributed by atoms with Crippen molar-refractivity contribution in [3.63, 3.8) is 0 Å². The van der Waals surface area contributed by atoms with E-state index in [9.17, 15) is 0 Å². The Morgan fingerprint density at radius 2 is 1.62 bits per heavy atom. The van der Waals surface area contributed by atoms with Crippen LogP contribution >= 0.6 is 0 Å². The van der Waals surface area contributed by atoms with E-state index in [1.165, 1.54) is 0 Å². The highest BCUT2D eigenvalue weighted by Crippen LogP contribution is 2.29. The van der Waals surface area contributed by atoms with Gasteiger partial charge in [-0.3, -0.25) is 4.98 Å². The second kappa shape index (κ2) is 4.84. The summed E-state index contributed by atoms with van der Waals surface area (Å²) in [5.74, 6) is 0.703. The molecule has 0 bridgehead atoms. The fourth-order valence-corrected chi connectivity index (χ4v) is 1.73. The molecular formula is C13H15N3. The molecule has 0 aromatic carbocycles. The van der Waals surface area contributed by atoms with Crippen LogP contribution in [0.4, 0.5) is 0 Å². The van der Waals surface area contributed by atoms with E-state index in [0.29, 0.717) is 11.8 Å². The largest absolute Gasteiger partial charge is 0.261 e. The number of rotatable bonds is 3. The third-order valence-corrected chi connectivity index (χ3v) is 2.98. The maximum absolute atomic E-state index is 4.38. The summed E-state index contributed by atoms with van der Waals surface area (Å²) in [7, 11) is 0. The Bertz CT molecular complexity index is 384. The summed E-state index contributed by atoms with van der Waals surface area (Å²) in [5.41, 5.74) is 2.17. The van der Waals surface area contributed by atoms with Crippen molar-refractivity contribution in [2.24, 2.45) is 0 Å².